The van der Waals surface area contributed by atoms with E-state index in [4.69, 9.17) is 4.74 Å². The molecular weight excluding hydrogens is 298 g/mol. The van der Waals surface area contributed by atoms with E-state index in [0.29, 0.717) is 19.3 Å². The van der Waals surface area contributed by atoms with Crippen molar-refractivity contribution < 1.29 is 9.53 Å². The smallest absolute Gasteiger partial charge is 0.265 e. The van der Waals surface area contributed by atoms with E-state index in [1.807, 2.05) is 0 Å². The molecule has 0 radical (unpaired) electrons. The highest BCUT2D eigenvalue weighted by molar-refractivity contribution is 5.75. The Hall–Kier alpha value is -1.89. The van der Waals surface area contributed by atoms with Crippen LogP contribution in [0.4, 0.5) is 0 Å². The normalized spacial score (nSPS) is 15.5. The highest BCUT2D eigenvalue weighted by Crippen LogP contribution is 2.20. The first-order chi connectivity index (χ1) is 11.1. The molecule has 2 N–H and O–H groups in total. The molecule has 0 unspecified atom stereocenters. The van der Waals surface area contributed by atoms with Gasteiger partial charge in [0.15, 0.2) is 0 Å². The number of amides is 1. The molecule has 1 aromatic heterocycles. The summed E-state index contributed by atoms with van der Waals surface area (Å²) in [6.07, 6.45) is 7.44. The third-order valence-electron chi connectivity index (χ3n) is 4.00. The number of H-pyrrole nitrogens is 1. The first kappa shape index (κ1) is 17.5. The highest BCUT2D eigenvalue weighted by atomic mass is 16.5. The van der Waals surface area contributed by atoms with Crippen LogP contribution in [0.3, 0.4) is 0 Å². The fourth-order valence-corrected chi connectivity index (χ4v) is 2.71. The Morgan fingerprint density at radius 3 is 2.83 bits per heavy atom. The number of hydrogen-bond acceptors (Lipinski definition) is 4. The van der Waals surface area contributed by atoms with Gasteiger partial charge in [0.2, 0.25) is 5.91 Å². The number of aromatic nitrogens is 2. The van der Waals surface area contributed by atoms with Gasteiger partial charge in [0, 0.05) is 31.7 Å². The number of nitrogens with zero attached hydrogens (tertiary/aromatic N) is 1. The Bertz CT molecular complexity index is 602. The van der Waals surface area contributed by atoms with Crippen LogP contribution in [0.2, 0.25) is 0 Å². The fourth-order valence-electron chi connectivity index (χ4n) is 2.71. The number of carbonyl (C=O) groups excluding carboxylic acids is 1. The van der Waals surface area contributed by atoms with Gasteiger partial charge in [-0.15, -0.1) is 0 Å². The van der Waals surface area contributed by atoms with Gasteiger partial charge in [0.1, 0.15) is 0 Å². The van der Waals surface area contributed by atoms with Crippen molar-refractivity contribution in [1.82, 2.24) is 15.1 Å². The van der Waals surface area contributed by atoms with E-state index < -0.39 is 0 Å². The van der Waals surface area contributed by atoms with Crippen LogP contribution in [0.15, 0.2) is 21.7 Å². The first-order valence-corrected chi connectivity index (χ1v) is 8.33. The van der Waals surface area contributed by atoms with Crippen molar-refractivity contribution in [3.05, 3.63) is 32.8 Å². The lowest BCUT2D eigenvalue weighted by molar-refractivity contribution is -0.121. The summed E-state index contributed by atoms with van der Waals surface area (Å²) in [5.74, 6) is -0.140. The van der Waals surface area contributed by atoms with Crippen molar-refractivity contribution in [2.45, 2.75) is 57.6 Å². The second-order valence-electron chi connectivity index (χ2n) is 5.88. The predicted molar refractivity (Wildman–Crippen MR) is 86.4 cm³/mol. The van der Waals surface area contributed by atoms with Gasteiger partial charge in [-0.25, -0.2) is 4.68 Å². The van der Waals surface area contributed by atoms with E-state index in [-0.39, 0.29) is 30.0 Å². The van der Waals surface area contributed by atoms with Crippen LogP contribution >= 0.6 is 0 Å². The molecule has 1 aliphatic rings. The van der Waals surface area contributed by atoms with E-state index in [2.05, 4.69) is 10.4 Å². The number of aromatic amines is 1. The maximum absolute atomic E-state index is 11.7. The Balaban J connectivity index is 1.57. The van der Waals surface area contributed by atoms with Gasteiger partial charge in [-0.2, -0.15) is 0 Å². The summed E-state index contributed by atoms with van der Waals surface area (Å²) in [7, 11) is 0. The summed E-state index contributed by atoms with van der Waals surface area (Å²) < 4.78 is 6.93. The van der Waals surface area contributed by atoms with Crippen LogP contribution in [0.1, 0.15) is 44.9 Å². The average molecular weight is 323 g/mol. The summed E-state index contributed by atoms with van der Waals surface area (Å²) >= 11 is 0. The molecule has 1 fully saturated rings. The lowest BCUT2D eigenvalue weighted by Gasteiger charge is -2.21. The molecule has 1 aliphatic carbocycles. The molecule has 7 heteroatoms. The van der Waals surface area contributed by atoms with Gasteiger partial charge in [0.25, 0.3) is 11.1 Å². The summed E-state index contributed by atoms with van der Waals surface area (Å²) in [6.45, 7) is 1.39. The Labute approximate surface area is 135 Å². The Kier molecular flexibility index (Phi) is 7.06. The molecule has 1 heterocycles. The van der Waals surface area contributed by atoms with Crippen LogP contribution in [0.25, 0.3) is 0 Å². The lowest BCUT2D eigenvalue weighted by atomic mass is 9.98. The zero-order chi connectivity index (χ0) is 16.5. The van der Waals surface area contributed by atoms with Crippen LogP contribution in [-0.2, 0) is 16.1 Å². The summed E-state index contributed by atoms with van der Waals surface area (Å²) in [4.78, 5) is 34.3. The van der Waals surface area contributed by atoms with Crippen LogP contribution in [0.5, 0.6) is 0 Å². The van der Waals surface area contributed by atoms with Crippen molar-refractivity contribution >= 4 is 5.91 Å². The number of carbonyl (C=O) groups is 1. The Morgan fingerprint density at radius 1 is 1.26 bits per heavy atom. The van der Waals surface area contributed by atoms with Gasteiger partial charge < -0.3 is 10.1 Å². The van der Waals surface area contributed by atoms with Crippen molar-refractivity contribution in [2.24, 2.45) is 0 Å². The number of hydrogen-bond donors (Lipinski definition) is 2. The standard InChI is InChI=1S/C16H25N3O4/c20-14(9-11-19-16(22)8-7-15(21)18-19)17-10-4-12-23-13-5-2-1-3-6-13/h7-8,13H,1-6,9-12H2,(H,17,20)(H,18,21). The molecule has 0 aromatic carbocycles. The monoisotopic (exact) mass is 323 g/mol. The quantitative estimate of drug-likeness (QED) is 0.692. The largest absolute Gasteiger partial charge is 0.378 e. The van der Waals surface area contributed by atoms with E-state index in [1.165, 1.54) is 31.4 Å². The third-order valence-corrected chi connectivity index (χ3v) is 4.00. The topological polar surface area (TPSA) is 93.2 Å². The molecule has 1 amide bonds. The summed E-state index contributed by atoms with van der Waals surface area (Å²) in [6, 6.07) is 2.37. The number of ether oxygens (including phenoxy) is 1. The summed E-state index contributed by atoms with van der Waals surface area (Å²) in [5, 5.41) is 5.19. The maximum atomic E-state index is 11.7. The van der Waals surface area contributed by atoms with Gasteiger partial charge in [0.05, 0.1) is 12.6 Å². The minimum Gasteiger partial charge on any atom is -0.378 e. The number of nitrogens with one attached hydrogen (secondary N) is 2. The number of rotatable bonds is 8. The zero-order valence-electron chi connectivity index (χ0n) is 13.4. The van der Waals surface area contributed by atoms with Gasteiger partial charge >= 0.3 is 0 Å². The van der Waals surface area contributed by atoms with Gasteiger partial charge in [-0.1, -0.05) is 19.3 Å². The summed E-state index contributed by atoms with van der Waals surface area (Å²) in [5.41, 5.74) is -0.678. The van der Waals surface area contributed by atoms with Gasteiger partial charge in [-0.3, -0.25) is 19.5 Å². The van der Waals surface area contributed by atoms with Crippen molar-refractivity contribution in [3.63, 3.8) is 0 Å². The van der Waals surface area contributed by atoms with Crippen LogP contribution in [-0.4, -0.2) is 34.9 Å². The zero-order valence-corrected chi connectivity index (χ0v) is 13.4. The van der Waals surface area contributed by atoms with E-state index in [0.717, 1.165) is 23.9 Å². The molecule has 2 rings (SSSR count). The Morgan fingerprint density at radius 2 is 2.04 bits per heavy atom. The van der Waals surface area contributed by atoms with E-state index in [1.54, 1.807) is 0 Å². The third kappa shape index (κ3) is 6.40. The van der Waals surface area contributed by atoms with Crippen LogP contribution < -0.4 is 16.4 Å². The molecule has 0 aliphatic heterocycles. The molecule has 0 atom stereocenters. The molecule has 1 saturated carbocycles. The maximum Gasteiger partial charge on any atom is 0.265 e. The van der Waals surface area contributed by atoms with Crippen molar-refractivity contribution in [3.8, 4) is 0 Å². The lowest BCUT2D eigenvalue weighted by Crippen LogP contribution is -2.32. The molecule has 23 heavy (non-hydrogen) atoms. The van der Waals surface area contributed by atoms with Crippen LogP contribution in [0, 0.1) is 0 Å². The molecule has 7 nitrogen and oxygen atoms in total. The SMILES string of the molecule is O=C(CCn1[nH]c(=O)ccc1=O)NCCCOC1CCCCC1. The fraction of sp³-hybridized carbons (Fsp3) is 0.688. The van der Waals surface area contributed by atoms with E-state index in [9.17, 15) is 14.4 Å². The number of aryl methyl sites for hydroxylation is 1. The second kappa shape index (κ2) is 9.29. The first-order valence-electron chi connectivity index (χ1n) is 8.33. The van der Waals surface area contributed by atoms with Gasteiger partial charge in [-0.05, 0) is 19.3 Å². The minimum atomic E-state index is -0.357. The molecule has 0 saturated heterocycles. The molecular formula is C16H25N3O4. The molecule has 128 valence electrons. The average Bonchev–Trinajstić information content (AvgIpc) is 2.56. The van der Waals surface area contributed by atoms with Crippen molar-refractivity contribution in [1.29, 1.82) is 0 Å². The predicted octanol–water partition coefficient (Wildman–Crippen LogP) is 0.782. The molecule has 0 spiro atoms. The molecule has 1 aromatic rings. The van der Waals surface area contributed by atoms with Crippen molar-refractivity contribution in [2.75, 3.05) is 13.2 Å². The van der Waals surface area contributed by atoms with E-state index >= 15 is 0 Å². The highest BCUT2D eigenvalue weighted by Gasteiger charge is 2.13. The minimum absolute atomic E-state index is 0.140. The molecule has 0 bridgehead atoms. The second-order valence-corrected chi connectivity index (χ2v) is 5.88.